The number of nitrogens with two attached hydrogens (primary N) is 1. The van der Waals surface area contributed by atoms with E-state index in [2.05, 4.69) is 21.8 Å². The number of rotatable bonds is 6. The third-order valence-corrected chi connectivity index (χ3v) is 7.07. The second-order valence-electron chi connectivity index (χ2n) is 9.73. The lowest BCUT2D eigenvalue weighted by Gasteiger charge is -2.16. The molecule has 1 atom stereocenters. The lowest BCUT2D eigenvalue weighted by atomic mass is 10.1. The number of nitrogens with zero attached hydrogens (tertiary/aromatic N) is 5. The summed E-state index contributed by atoms with van der Waals surface area (Å²) in [6.07, 6.45) is 7.06. The predicted molar refractivity (Wildman–Crippen MR) is 143 cm³/mol. The monoisotopic (exact) mass is 536 g/mol. The first-order chi connectivity index (χ1) is 18.8. The minimum atomic E-state index is -2.64. The Bertz CT molecular complexity index is 1450. The van der Waals surface area contributed by atoms with Crippen LogP contribution in [0.3, 0.4) is 0 Å². The summed E-state index contributed by atoms with van der Waals surface area (Å²) in [4.78, 5) is 24.8. The van der Waals surface area contributed by atoms with Crippen LogP contribution in [0.4, 0.5) is 14.6 Å². The topological polar surface area (TPSA) is 98.7 Å². The maximum Gasteiger partial charge on any atom is 0.261 e. The Morgan fingerprint density at radius 1 is 1.18 bits per heavy atom. The third-order valence-electron chi connectivity index (χ3n) is 7.07. The van der Waals surface area contributed by atoms with Crippen LogP contribution in [0.5, 0.6) is 11.5 Å². The number of likely N-dealkylation sites (tertiary alicyclic amines) is 2. The van der Waals surface area contributed by atoms with Gasteiger partial charge in [-0.25, -0.2) is 18.7 Å². The zero-order valence-corrected chi connectivity index (χ0v) is 21.9. The SMILES string of the molecule is COc1cc(C#Cc2cn(C3CCN(C(=O)C=CCN4CCC(F)(F)C4)C3)c3ncnc(N)c23)cc(OC)c1. The number of ether oxygens (including phenoxy) is 2. The van der Waals surface area contributed by atoms with Gasteiger partial charge in [-0.05, 0) is 18.6 Å². The number of amides is 1. The number of hydrogen-bond donors (Lipinski definition) is 1. The Kier molecular flexibility index (Phi) is 7.39. The van der Waals surface area contributed by atoms with Crippen LogP contribution in [0.1, 0.15) is 30.0 Å². The van der Waals surface area contributed by atoms with Crippen LogP contribution >= 0.6 is 0 Å². The molecular formula is C28H30F2N6O3. The van der Waals surface area contributed by atoms with Crippen molar-refractivity contribution in [2.75, 3.05) is 52.7 Å². The van der Waals surface area contributed by atoms with E-state index in [-0.39, 0.29) is 24.9 Å². The van der Waals surface area contributed by atoms with Crippen molar-refractivity contribution in [3.63, 3.8) is 0 Å². The highest BCUT2D eigenvalue weighted by Crippen LogP contribution is 2.31. The van der Waals surface area contributed by atoms with Gasteiger partial charge in [0.2, 0.25) is 5.91 Å². The van der Waals surface area contributed by atoms with E-state index in [0.29, 0.717) is 65.7 Å². The molecular weight excluding hydrogens is 506 g/mol. The molecule has 1 aromatic carbocycles. The van der Waals surface area contributed by atoms with Gasteiger partial charge in [0.05, 0.1) is 37.8 Å². The molecule has 5 rings (SSSR count). The van der Waals surface area contributed by atoms with E-state index in [1.165, 1.54) is 12.4 Å². The Balaban J connectivity index is 1.34. The van der Waals surface area contributed by atoms with Crippen molar-refractivity contribution in [2.45, 2.75) is 24.8 Å². The summed E-state index contributed by atoms with van der Waals surface area (Å²) in [7, 11) is 3.16. The molecule has 2 aliphatic heterocycles. The summed E-state index contributed by atoms with van der Waals surface area (Å²) >= 11 is 0. The largest absolute Gasteiger partial charge is 0.497 e. The van der Waals surface area contributed by atoms with Crippen molar-refractivity contribution < 1.29 is 23.0 Å². The number of anilines is 1. The highest BCUT2D eigenvalue weighted by atomic mass is 19.3. The lowest BCUT2D eigenvalue weighted by molar-refractivity contribution is -0.125. The molecule has 2 aliphatic rings. The summed E-state index contributed by atoms with van der Waals surface area (Å²) in [6, 6.07) is 5.38. The molecule has 11 heteroatoms. The predicted octanol–water partition coefficient (Wildman–Crippen LogP) is 3.10. The van der Waals surface area contributed by atoms with Crippen molar-refractivity contribution in [1.82, 2.24) is 24.3 Å². The zero-order chi connectivity index (χ0) is 27.6. The van der Waals surface area contributed by atoms with Gasteiger partial charge in [-0.1, -0.05) is 17.9 Å². The van der Waals surface area contributed by atoms with Crippen molar-refractivity contribution in [3.8, 4) is 23.3 Å². The molecule has 2 N–H and O–H groups in total. The molecule has 1 amide bonds. The fourth-order valence-corrected chi connectivity index (χ4v) is 5.04. The van der Waals surface area contributed by atoms with Gasteiger partial charge in [-0.3, -0.25) is 9.69 Å². The highest BCUT2D eigenvalue weighted by Gasteiger charge is 2.37. The van der Waals surface area contributed by atoms with E-state index in [9.17, 15) is 13.6 Å². The number of hydrogen-bond acceptors (Lipinski definition) is 7. The summed E-state index contributed by atoms with van der Waals surface area (Å²) in [5.74, 6) is 5.16. The number of fused-ring (bicyclic) bond motifs is 1. The van der Waals surface area contributed by atoms with Gasteiger partial charge in [0, 0.05) is 56.5 Å². The van der Waals surface area contributed by atoms with Crippen molar-refractivity contribution in [1.29, 1.82) is 0 Å². The van der Waals surface area contributed by atoms with Crippen LogP contribution in [0, 0.1) is 11.8 Å². The summed E-state index contributed by atoms with van der Waals surface area (Å²) in [5.41, 5.74) is 8.27. The Labute approximate surface area is 225 Å². The van der Waals surface area contributed by atoms with E-state index in [0.717, 1.165) is 6.42 Å². The number of methoxy groups -OCH3 is 2. The molecule has 0 saturated carbocycles. The normalized spacial score (nSPS) is 19.0. The molecule has 9 nitrogen and oxygen atoms in total. The first kappa shape index (κ1) is 26.4. The van der Waals surface area contributed by atoms with Crippen LogP contribution in [0.15, 0.2) is 42.9 Å². The smallest absolute Gasteiger partial charge is 0.261 e. The number of carbonyl (C=O) groups is 1. The summed E-state index contributed by atoms with van der Waals surface area (Å²) < 4.78 is 39.5. The molecule has 2 saturated heterocycles. The van der Waals surface area contributed by atoms with E-state index in [4.69, 9.17) is 15.2 Å². The summed E-state index contributed by atoms with van der Waals surface area (Å²) in [5, 5.41) is 0.659. The molecule has 0 spiro atoms. The number of halogens is 2. The Hall–Kier alpha value is -4.17. The first-order valence-corrected chi connectivity index (χ1v) is 12.7. The molecule has 39 heavy (non-hydrogen) atoms. The number of benzene rings is 1. The van der Waals surface area contributed by atoms with Crippen LogP contribution in [0.25, 0.3) is 11.0 Å². The molecule has 4 heterocycles. The zero-order valence-electron chi connectivity index (χ0n) is 21.9. The van der Waals surface area contributed by atoms with Crippen molar-refractivity contribution in [2.24, 2.45) is 0 Å². The van der Waals surface area contributed by atoms with Gasteiger partial charge >= 0.3 is 0 Å². The minimum Gasteiger partial charge on any atom is -0.497 e. The minimum absolute atomic E-state index is 0.0242. The highest BCUT2D eigenvalue weighted by molar-refractivity contribution is 5.92. The van der Waals surface area contributed by atoms with Gasteiger partial charge in [0.25, 0.3) is 5.92 Å². The van der Waals surface area contributed by atoms with Gasteiger partial charge in [0.15, 0.2) is 0 Å². The van der Waals surface area contributed by atoms with Crippen LogP contribution in [-0.4, -0.2) is 83.1 Å². The van der Waals surface area contributed by atoms with E-state index in [1.54, 1.807) is 36.2 Å². The molecule has 2 fully saturated rings. The maximum absolute atomic E-state index is 13.4. The fraction of sp³-hybridized carbons (Fsp3) is 0.393. The number of carbonyl (C=O) groups excluding carboxylic acids is 1. The molecule has 0 radical (unpaired) electrons. The van der Waals surface area contributed by atoms with E-state index in [1.807, 2.05) is 22.9 Å². The fourth-order valence-electron chi connectivity index (χ4n) is 5.04. The van der Waals surface area contributed by atoms with Gasteiger partial charge < -0.3 is 24.7 Å². The Morgan fingerprint density at radius 3 is 2.64 bits per heavy atom. The summed E-state index contributed by atoms with van der Waals surface area (Å²) in [6.45, 7) is 1.45. The second kappa shape index (κ2) is 10.9. The quantitative estimate of drug-likeness (QED) is 0.382. The molecule has 0 aliphatic carbocycles. The maximum atomic E-state index is 13.4. The van der Waals surface area contributed by atoms with E-state index < -0.39 is 5.92 Å². The molecule has 0 bridgehead atoms. The average Bonchev–Trinajstić information content (AvgIpc) is 3.64. The van der Waals surface area contributed by atoms with Crippen molar-refractivity contribution >= 4 is 22.8 Å². The van der Waals surface area contributed by atoms with Gasteiger partial charge in [-0.15, -0.1) is 0 Å². The molecule has 3 aromatic rings. The van der Waals surface area contributed by atoms with Crippen LogP contribution in [-0.2, 0) is 4.79 Å². The first-order valence-electron chi connectivity index (χ1n) is 12.7. The van der Waals surface area contributed by atoms with Gasteiger partial charge in [0.1, 0.15) is 29.3 Å². The average molecular weight is 537 g/mol. The number of nitrogen functional groups attached to an aromatic ring is 1. The number of alkyl halides is 2. The lowest BCUT2D eigenvalue weighted by Crippen LogP contribution is -2.28. The third kappa shape index (κ3) is 5.81. The van der Waals surface area contributed by atoms with Crippen LogP contribution in [0.2, 0.25) is 0 Å². The van der Waals surface area contributed by atoms with Gasteiger partial charge in [-0.2, -0.15) is 0 Å². The number of aromatic nitrogens is 3. The molecule has 1 unspecified atom stereocenters. The van der Waals surface area contributed by atoms with Crippen molar-refractivity contribution in [3.05, 3.63) is 54.0 Å². The molecule has 204 valence electrons. The second-order valence-corrected chi connectivity index (χ2v) is 9.73. The van der Waals surface area contributed by atoms with Crippen LogP contribution < -0.4 is 15.2 Å². The molecule has 2 aromatic heterocycles. The standard InChI is InChI=1S/C28H30F2N6O3/c1-38-22-12-19(13-23(14-22)39-2)5-6-20-15-36(27-25(20)26(31)32-18-33-27)21-7-10-35(16-21)24(37)4-3-9-34-11-8-28(29,30)17-34/h3-4,12-15,18,21H,7-11,16-17H2,1-2H3,(H2,31,32,33). The van der Waals surface area contributed by atoms with E-state index >= 15 is 0 Å². The Morgan fingerprint density at radius 2 is 1.95 bits per heavy atom.